The summed E-state index contributed by atoms with van der Waals surface area (Å²) in [7, 11) is -4.10. The Kier molecular flexibility index (Phi) is 8.40. The van der Waals surface area contributed by atoms with Crippen molar-refractivity contribution in [2.45, 2.75) is 30.7 Å². The van der Waals surface area contributed by atoms with Crippen molar-refractivity contribution in [1.29, 1.82) is 0 Å². The third-order valence-electron chi connectivity index (χ3n) is 6.03. The predicted octanol–water partition coefficient (Wildman–Crippen LogP) is 4.64. The Morgan fingerprint density at radius 1 is 1.00 bits per heavy atom. The fraction of sp³-hybridized carbons (Fsp3) is 0.222. The quantitative estimate of drug-likeness (QED) is 0.317. The van der Waals surface area contributed by atoms with E-state index in [0.29, 0.717) is 15.8 Å². The van der Waals surface area contributed by atoms with E-state index in [1.165, 1.54) is 29.3 Å². The second kappa shape index (κ2) is 11.6. The summed E-state index contributed by atoms with van der Waals surface area (Å²) < 4.78 is 29.2. The number of amides is 1. The van der Waals surface area contributed by atoms with Gasteiger partial charge in [0.2, 0.25) is 11.9 Å². The molecule has 0 fully saturated rings. The van der Waals surface area contributed by atoms with E-state index < -0.39 is 22.0 Å². The fourth-order valence-electron chi connectivity index (χ4n) is 4.07. The van der Waals surface area contributed by atoms with E-state index in [4.69, 9.17) is 34.0 Å². The van der Waals surface area contributed by atoms with Gasteiger partial charge >= 0.3 is 0 Å². The van der Waals surface area contributed by atoms with Crippen LogP contribution in [0.5, 0.6) is 0 Å². The third-order valence-corrected chi connectivity index (χ3v) is 7.88. The lowest BCUT2D eigenvalue weighted by Crippen LogP contribution is -2.44. The Hall–Kier alpha value is -3.40. The van der Waals surface area contributed by atoms with Crippen LogP contribution in [0.1, 0.15) is 30.9 Å². The molecule has 38 heavy (non-hydrogen) atoms. The van der Waals surface area contributed by atoms with E-state index in [-0.39, 0.29) is 29.2 Å². The van der Waals surface area contributed by atoms with Gasteiger partial charge in [-0.3, -0.25) is 4.79 Å². The summed E-state index contributed by atoms with van der Waals surface area (Å²) in [5, 5.41) is 7.23. The SMILES string of the molecule is CC(C)[C@H](N=C(NS(=O)(=O)c1ccc(Cl)cc1)N1CC(c2ccccc2)C(c2ccc(Cl)cc2)=N1)C(N)=O. The first kappa shape index (κ1) is 27.6. The molecule has 3 N–H and O–H groups in total. The fourth-order valence-corrected chi connectivity index (χ4v) is 5.34. The van der Waals surface area contributed by atoms with Crippen LogP contribution >= 0.6 is 23.2 Å². The second-order valence-electron chi connectivity index (χ2n) is 9.14. The molecule has 1 aliphatic rings. The maximum atomic E-state index is 13.3. The van der Waals surface area contributed by atoms with E-state index in [2.05, 4.69) is 9.71 Å². The Morgan fingerprint density at radius 2 is 1.58 bits per heavy atom. The summed E-state index contributed by atoms with van der Waals surface area (Å²) in [5.41, 5.74) is 8.13. The predicted molar refractivity (Wildman–Crippen MR) is 151 cm³/mol. The van der Waals surface area contributed by atoms with Gasteiger partial charge in [-0.1, -0.05) is 79.5 Å². The van der Waals surface area contributed by atoms with Gasteiger partial charge in [0.1, 0.15) is 6.04 Å². The maximum Gasteiger partial charge on any atom is 0.264 e. The summed E-state index contributed by atoms with van der Waals surface area (Å²) in [6, 6.07) is 21.7. The number of hydrazone groups is 1. The van der Waals surface area contributed by atoms with Crippen LogP contribution in [0.25, 0.3) is 0 Å². The summed E-state index contributed by atoms with van der Waals surface area (Å²) in [4.78, 5) is 16.7. The van der Waals surface area contributed by atoms with Gasteiger partial charge in [0.15, 0.2) is 0 Å². The number of rotatable bonds is 7. The van der Waals surface area contributed by atoms with Crippen molar-refractivity contribution >= 4 is 50.8 Å². The molecule has 0 saturated heterocycles. The van der Waals surface area contributed by atoms with Crippen molar-refractivity contribution in [3.63, 3.8) is 0 Å². The van der Waals surface area contributed by atoms with Crippen LogP contribution < -0.4 is 10.5 Å². The molecule has 0 saturated carbocycles. The number of sulfonamides is 1. The number of nitrogens with one attached hydrogen (secondary N) is 1. The van der Waals surface area contributed by atoms with Crippen LogP contribution in [0, 0.1) is 5.92 Å². The Balaban J connectivity index is 1.81. The van der Waals surface area contributed by atoms with E-state index in [9.17, 15) is 13.2 Å². The molecule has 0 spiro atoms. The highest BCUT2D eigenvalue weighted by Gasteiger charge is 2.34. The van der Waals surface area contributed by atoms with Crippen LogP contribution in [-0.2, 0) is 14.8 Å². The molecule has 0 aliphatic carbocycles. The first-order valence-corrected chi connectivity index (χ1v) is 14.1. The minimum absolute atomic E-state index is 0.0181. The number of benzene rings is 3. The largest absolute Gasteiger partial charge is 0.368 e. The van der Waals surface area contributed by atoms with Gasteiger partial charge in [0.25, 0.3) is 10.0 Å². The summed E-state index contributed by atoms with van der Waals surface area (Å²) >= 11 is 12.1. The molecular weight excluding hydrogens is 545 g/mol. The molecule has 3 aromatic rings. The zero-order valence-electron chi connectivity index (χ0n) is 20.8. The second-order valence-corrected chi connectivity index (χ2v) is 11.7. The molecule has 2 atom stereocenters. The number of nitrogens with two attached hydrogens (primary N) is 1. The topological polar surface area (TPSA) is 117 Å². The molecule has 1 amide bonds. The number of hydrogen-bond acceptors (Lipinski definition) is 5. The molecule has 0 aromatic heterocycles. The molecule has 0 radical (unpaired) electrons. The molecule has 198 valence electrons. The molecule has 8 nitrogen and oxygen atoms in total. The van der Waals surface area contributed by atoms with Gasteiger partial charge in [-0.25, -0.2) is 23.1 Å². The maximum absolute atomic E-state index is 13.3. The lowest BCUT2D eigenvalue weighted by Gasteiger charge is -2.22. The number of primary amides is 1. The van der Waals surface area contributed by atoms with E-state index >= 15 is 0 Å². The van der Waals surface area contributed by atoms with Gasteiger partial charge in [0.05, 0.1) is 17.2 Å². The van der Waals surface area contributed by atoms with Gasteiger partial charge < -0.3 is 5.73 Å². The van der Waals surface area contributed by atoms with Gasteiger partial charge in [-0.2, -0.15) is 5.10 Å². The standard InChI is InChI=1S/C27H27Cl2N5O3S/c1-17(2)24(26(30)35)31-27(33-38(36,37)22-14-12-21(29)13-15-22)34-16-23(18-6-4-3-5-7-18)25(32-34)19-8-10-20(28)11-9-19/h3-15,17,23-24H,16H2,1-2H3,(H2,30,35)(H,31,33)/t23?,24-/m0/s1. The average Bonchev–Trinajstić information content (AvgIpc) is 3.33. The Bertz CT molecular complexity index is 1460. The number of hydrogen-bond donors (Lipinski definition) is 2. The first-order valence-electron chi connectivity index (χ1n) is 11.9. The minimum Gasteiger partial charge on any atom is -0.368 e. The van der Waals surface area contributed by atoms with Crippen molar-refractivity contribution in [2.75, 3.05) is 6.54 Å². The van der Waals surface area contributed by atoms with Crippen LogP contribution in [0.15, 0.2) is 93.9 Å². The molecule has 1 unspecified atom stereocenters. The lowest BCUT2D eigenvalue weighted by atomic mass is 9.91. The van der Waals surface area contributed by atoms with E-state index in [1.807, 2.05) is 42.5 Å². The summed E-state index contributed by atoms with van der Waals surface area (Å²) in [6.07, 6.45) is 0. The highest BCUT2D eigenvalue weighted by Crippen LogP contribution is 2.30. The third kappa shape index (κ3) is 6.35. The van der Waals surface area contributed by atoms with Gasteiger partial charge in [-0.05, 0) is 53.4 Å². The number of aliphatic imine (C=N–C) groups is 1. The normalized spacial score (nSPS) is 16.9. The van der Waals surface area contributed by atoms with Crippen LogP contribution in [-0.4, -0.2) is 43.6 Å². The first-order chi connectivity index (χ1) is 18.0. The summed E-state index contributed by atoms with van der Waals surface area (Å²) in [6.45, 7) is 3.83. The van der Waals surface area contributed by atoms with Crippen molar-refractivity contribution in [3.05, 3.63) is 100 Å². The van der Waals surface area contributed by atoms with Crippen molar-refractivity contribution < 1.29 is 13.2 Å². The van der Waals surface area contributed by atoms with Crippen LogP contribution in [0.3, 0.4) is 0 Å². The Labute approximate surface area is 232 Å². The minimum atomic E-state index is -4.10. The Morgan fingerprint density at radius 3 is 2.13 bits per heavy atom. The highest BCUT2D eigenvalue weighted by molar-refractivity contribution is 7.90. The number of carbonyl (C=O) groups is 1. The summed E-state index contributed by atoms with van der Waals surface area (Å²) in [5.74, 6) is -1.28. The monoisotopic (exact) mass is 571 g/mol. The molecule has 11 heteroatoms. The van der Waals surface area contributed by atoms with Crippen LogP contribution in [0.2, 0.25) is 10.0 Å². The van der Waals surface area contributed by atoms with Crippen molar-refractivity contribution in [3.8, 4) is 0 Å². The van der Waals surface area contributed by atoms with Crippen molar-refractivity contribution in [2.24, 2.45) is 21.7 Å². The number of halogens is 2. The molecule has 4 rings (SSSR count). The number of carbonyl (C=O) groups excluding carboxylic acids is 1. The zero-order valence-corrected chi connectivity index (χ0v) is 23.1. The smallest absolute Gasteiger partial charge is 0.264 e. The molecule has 3 aromatic carbocycles. The number of guanidine groups is 1. The van der Waals surface area contributed by atoms with Gasteiger partial charge in [-0.15, -0.1) is 0 Å². The molecule has 1 aliphatic heterocycles. The van der Waals surface area contributed by atoms with Gasteiger partial charge in [0, 0.05) is 16.0 Å². The highest BCUT2D eigenvalue weighted by atomic mass is 35.5. The molecular formula is C27H27Cl2N5O3S. The average molecular weight is 573 g/mol. The van der Waals surface area contributed by atoms with Crippen LogP contribution in [0.4, 0.5) is 0 Å². The van der Waals surface area contributed by atoms with Crippen molar-refractivity contribution in [1.82, 2.24) is 9.73 Å². The van der Waals surface area contributed by atoms with E-state index in [0.717, 1.165) is 11.1 Å². The molecule has 0 bridgehead atoms. The van der Waals surface area contributed by atoms with E-state index in [1.54, 1.807) is 26.0 Å². The lowest BCUT2D eigenvalue weighted by molar-refractivity contribution is -0.120. The number of nitrogens with zero attached hydrogens (tertiary/aromatic N) is 3. The molecule has 1 heterocycles. The zero-order chi connectivity index (χ0) is 27.4.